The fourth-order valence-corrected chi connectivity index (χ4v) is 2.23. The van der Waals surface area contributed by atoms with E-state index in [-0.39, 0.29) is 34.0 Å². The van der Waals surface area contributed by atoms with E-state index in [2.05, 4.69) is 15.5 Å². The second kappa shape index (κ2) is 6.10. The Kier molecular flexibility index (Phi) is 4.40. The van der Waals surface area contributed by atoms with E-state index in [1.54, 1.807) is 6.07 Å². The van der Waals surface area contributed by atoms with Gasteiger partial charge in [-0.3, -0.25) is 4.79 Å². The van der Waals surface area contributed by atoms with Crippen LogP contribution in [-0.4, -0.2) is 27.2 Å². The second-order valence-corrected chi connectivity index (χ2v) is 5.07. The maximum absolute atomic E-state index is 12.4. The Balaban J connectivity index is 2.08. The maximum Gasteiger partial charge on any atom is 0.445 e. The topological polar surface area (TPSA) is 92.2 Å². The van der Waals surface area contributed by atoms with Crippen molar-refractivity contribution >= 4 is 28.3 Å². The maximum atomic E-state index is 12.4. The lowest BCUT2D eigenvalue weighted by Gasteiger charge is -2.05. The van der Waals surface area contributed by atoms with E-state index >= 15 is 0 Å². The van der Waals surface area contributed by atoms with Crippen molar-refractivity contribution in [1.29, 1.82) is 0 Å². The first kappa shape index (κ1) is 15.9. The molecule has 2 N–H and O–H groups in total. The summed E-state index contributed by atoms with van der Waals surface area (Å²) < 4.78 is 37.1. The predicted octanol–water partition coefficient (Wildman–Crippen LogP) is 2.44. The number of carboxylic acid groups (broad SMARTS) is 1. The van der Waals surface area contributed by atoms with Crippen molar-refractivity contribution < 1.29 is 27.9 Å². The zero-order valence-corrected chi connectivity index (χ0v) is 11.5. The van der Waals surface area contributed by atoms with Crippen LogP contribution in [0.5, 0.6) is 0 Å². The lowest BCUT2D eigenvalue weighted by Crippen LogP contribution is -2.16. The molecule has 0 bridgehead atoms. The van der Waals surface area contributed by atoms with Gasteiger partial charge in [-0.2, -0.15) is 13.2 Å². The van der Waals surface area contributed by atoms with Crippen LogP contribution in [0.4, 0.5) is 18.3 Å². The number of hydrogen-bond donors (Lipinski definition) is 2. The van der Waals surface area contributed by atoms with Gasteiger partial charge >= 0.3 is 12.1 Å². The zero-order chi connectivity index (χ0) is 16.3. The highest BCUT2D eigenvalue weighted by molar-refractivity contribution is 7.15. The molecule has 10 heteroatoms. The third-order valence-electron chi connectivity index (χ3n) is 2.51. The number of nitrogens with one attached hydrogen (secondary N) is 1. The van der Waals surface area contributed by atoms with E-state index in [1.807, 2.05) is 0 Å². The van der Waals surface area contributed by atoms with Crippen LogP contribution in [0.25, 0.3) is 0 Å². The molecule has 1 amide bonds. The minimum atomic E-state index is -4.63. The Bertz CT molecular complexity index is 715. The number of carbonyl (C=O) groups excluding carboxylic acids is 1. The molecule has 0 aliphatic heterocycles. The van der Waals surface area contributed by atoms with E-state index in [0.29, 0.717) is 0 Å². The van der Waals surface area contributed by atoms with Crippen LogP contribution in [0.1, 0.15) is 20.9 Å². The first-order valence-electron chi connectivity index (χ1n) is 5.79. The predicted molar refractivity (Wildman–Crippen MR) is 70.6 cm³/mol. The standard InChI is InChI=1S/C12H8F3N3O3S/c13-12(14,15)10-17-18-11(22-10)16-8(19)5-6-3-1-2-4-7(6)9(20)21/h1-4H,5H2,(H,20,21)(H,16,18,19). The highest BCUT2D eigenvalue weighted by atomic mass is 32.1. The van der Waals surface area contributed by atoms with E-state index < -0.39 is 23.1 Å². The molecular weight excluding hydrogens is 323 g/mol. The van der Waals surface area contributed by atoms with Crippen LogP contribution in [0.15, 0.2) is 24.3 Å². The van der Waals surface area contributed by atoms with Crippen LogP contribution in [-0.2, 0) is 17.4 Å². The van der Waals surface area contributed by atoms with Crippen molar-refractivity contribution in [2.24, 2.45) is 0 Å². The van der Waals surface area contributed by atoms with Gasteiger partial charge in [0.2, 0.25) is 16.0 Å². The van der Waals surface area contributed by atoms with Gasteiger partial charge in [0, 0.05) is 0 Å². The van der Waals surface area contributed by atoms with Crippen molar-refractivity contribution in [3.63, 3.8) is 0 Å². The summed E-state index contributed by atoms with van der Waals surface area (Å²) in [6, 6.07) is 5.84. The fraction of sp³-hybridized carbons (Fsp3) is 0.167. The summed E-state index contributed by atoms with van der Waals surface area (Å²) in [4.78, 5) is 22.8. The molecule has 2 rings (SSSR count). The molecule has 0 unspecified atom stereocenters. The summed E-state index contributed by atoms with van der Waals surface area (Å²) in [6.07, 6.45) is -4.93. The molecule has 1 heterocycles. The third-order valence-corrected chi connectivity index (χ3v) is 3.40. The lowest BCUT2D eigenvalue weighted by molar-refractivity contribution is -0.138. The number of rotatable bonds is 4. The van der Waals surface area contributed by atoms with Crippen LogP contribution >= 0.6 is 11.3 Å². The number of alkyl halides is 3. The smallest absolute Gasteiger partial charge is 0.445 e. The zero-order valence-electron chi connectivity index (χ0n) is 10.7. The van der Waals surface area contributed by atoms with E-state index in [1.165, 1.54) is 18.2 Å². The van der Waals surface area contributed by atoms with Gasteiger partial charge in [0.15, 0.2) is 0 Å². The molecule has 6 nitrogen and oxygen atoms in total. The SMILES string of the molecule is O=C(Cc1ccccc1C(=O)O)Nc1nnc(C(F)(F)F)s1. The van der Waals surface area contributed by atoms with Gasteiger partial charge in [0.25, 0.3) is 0 Å². The molecule has 0 spiro atoms. The average Bonchev–Trinajstić information content (AvgIpc) is 2.87. The van der Waals surface area contributed by atoms with Gasteiger partial charge in [-0.15, -0.1) is 10.2 Å². The van der Waals surface area contributed by atoms with Gasteiger partial charge in [0.05, 0.1) is 12.0 Å². The highest BCUT2D eigenvalue weighted by Gasteiger charge is 2.35. The van der Waals surface area contributed by atoms with E-state index in [4.69, 9.17) is 5.11 Å². The molecule has 0 aliphatic rings. The molecule has 116 valence electrons. The van der Waals surface area contributed by atoms with Crippen molar-refractivity contribution in [3.8, 4) is 0 Å². The molecule has 22 heavy (non-hydrogen) atoms. The Morgan fingerprint density at radius 3 is 2.50 bits per heavy atom. The molecular formula is C12H8F3N3O3S. The van der Waals surface area contributed by atoms with Crippen LogP contribution in [0, 0.1) is 0 Å². The molecule has 0 aliphatic carbocycles. The number of hydrogen-bond acceptors (Lipinski definition) is 5. The number of nitrogens with zero attached hydrogens (tertiary/aromatic N) is 2. The number of anilines is 1. The molecule has 0 atom stereocenters. The third kappa shape index (κ3) is 3.79. The molecule has 0 saturated carbocycles. The molecule has 0 fully saturated rings. The molecule has 0 radical (unpaired) electrons. The van der Waals surface area contributed by atoms with Crippen molar-refractivity contribution in [2.45, 2.75) is 12.6 Å². The average molecular weight is 331 g/mol. The summed E-state index contributed by atoms with van der Waals surface area (Å²) in [5, 5.41) is 15.8. The summed E-state index contributed by atoms with van der Waals surface area (Å²) in [6.45, 7) is 0. The Morgan fingerprint density at radius 1 is 1.23 bits per heavy atom. The van der Waals surface area contributed by atoms with Gasteiger partial charge in [-0.25, -0.2) is 4.79 Å². The van der Waals surface area contributed by atoms with Crippen molar-refractivity contribution in [1.82, 2.24) is 10.2 Å². The number of halogens is 3. The molecule has 1 aromatic heterocycles. The minimum absolute atomic E-state index is 0.0501. The number of aromatic carboxylic acids is 1. The second-order valence-electron chi connectivity index (χ2n) is 4.10. The molecule has 1 aromatic carbocycles. The highest BCUT2D eigenvalue weighted by Crippen LogP contribution is 2.33. The van der Waals surface area contributed by atoms with Gasteiger partial charge in [-0.1, -0.05) is 29.5 Å². The monoisotopic (exact) mass is 331 g/mol. The van der Waals surface area contributed by atoms with Crippen LogP contribution < -0.4 is 5.32 Å². The van der Waals surface area contributed by atoms with Gasteiger partial charge < -0.3 is 10.4 Å². The summed E-state index contributed by atoms with van der Waals surface area (Å²) >= 11 is 0.194. The molecule has 0 saturated heterocycles. The first-order valence-corrected chi connectivity index (χ1v) is 6.61. The van der Waals surface area contributed by atoms with Gasteiger partial charge in [-0.05, 0) is 11.6 Å². The lowest BCUT2D eigenvalue weighted by atomic mass is 10.0. The first-order chi connectivity index (χ1) is 10.3. The Labute approximate surface area is 125 Å². The number of amides is 1. The van der Waals surface area contributed by atoms with Crippen LogP contribution in [0.3, 0.4) is 0 Å². The van der Waals surface area contributed by atoms with Crippen molar-refractivity contribution in [3.05, 3.63) is 40.4 Å². The summed E-state index contributed by atoms with van der Waals surface area (Å²) in [5.41, 5.74) is 0.193. The number of aromatic nitrogens is 2. The minimum Gasteiger partial charge on any atom is -0.478 e. The quantitative estimate of drug-likeness (QED) is 0.898. The van der Waals surface area contributed by atoms with E-state index in [0.717, 1.165) is 0 Å². The van der Waals surface area contributed by atoms with Crippen LogP contribution in [0.2, 0.25) is 0 Å². The summed E-state index contributed by atoms with van der Waals surface area (Å²) in [5.74, 6) is -1.88. The Hall–Kier alpha value is -2.49. The van der Waals surface area contributed by atoms with E-state index in [9.17, 15) is 22.8 Å². The van der Waals surface area contributed by atoms with Gasteiger partial charge in [0.1, 0.15) is 0 Å². The largest absolute Gasteiger partial charge is 0.478 e. The number of carboxylic acids is 1. The Morgan fingerprint density at radius 2 is 1.91 bits per heavy atom. The number of carbonyl (C=O) groups is 2. The normalized spacial score (nSPS) is 11.2. The molecule has 2 aromatic rings. The number of benzene rings is 1. The summed E-state index contributed by atoms with van der Waals surface area (Å²) in [7, 11) is 0. The fourth-order valence-electron chi connectivity index (χ4n) is 1.61. The van der Waals surface area contributed by atoms with Crippen molar-refractivity contribution in [2.75, 3.05) is 5.32 Å².